The Morgan fingerprint density at radius 3 is 2.45 bits per heavy atom. The number of hydrogen-bond acceptors (Lipinski definition) is 7. The average Bonchev–Trinajstić information content (AvgIpc) is 2.69. The van der Waals surface area contributed by atoms with Crippen LogP contribution in [0.3, 0.4) is 0 Å². The highest BCUT2D eigenvalue weighted by atomic mass is 35.5. The van der Waals surface area contributed by atoms with E-state index in [0.717, 1.165) is 5.69 Å². The van der Waals surface area contributed by atoms with Crippen LogP contribution in [0.5, 0.6) is 0 Å². The van der Waals surface area contributed by atoms with E-state index in [1.165, 1.54) is 11.8 Å². The second-order valence-corrected chi connectivity index (χ2v) is 8.11. The molecular formula is C19H18Cl2N6OS. The van der Waals surface area contributed by atoms with Crippen molar-refractivity contribution >= 4 is 64.1 Å². The van der Waals surface area contributed by atoms with Gasteiger partial charge in [-0.2, -0.15) is 15.0 Å². The first-order valence-corrected chi connectivity index (χ1v) is 10.4. The lowest BCUT2D eigenvalue weighted by atomic mass is 10.3. The average molecular weight is 449 g/mol. The highest BCUT2D eigenvalue weighted by molar-refractivity contribution is 7.99. The third kappa shape index (κ3) is 5.96. The van der Waals surface area contributed by atoms with Crippen molar-refractivity contribution in [2.24, 2.45) is 0 Å². The molecule has 0 aliphatic carbocycles. The van der Waals surface area contributed by atoms with Crippen LogP contribution < -0.4 is 16.4 Å². The van der Waals surface area contributed by atoms with E-state index in [2.05, 4.69) is 25.6 Å². The Labute approximate surface area is 182 Å². The number of nitrogen functional groups attached to an aromatic ring is 1. The fraction of sp³-hybridized carbons (Fsp3) is 0.158. The summed E-state index contributed by atoms with van der Waals surface area (Å²) < 4.78 is 0. The van der Waals surface area contributed by atoms with E-state index in [4.69, 9.17) is 28.9 Å². The quantitative estimate of drug-likeness (QED) is 0.477. The van der Waals surface area contributed by atoms with E-state index in [9.17, 15) is 4.79 Å². The summed E-state index contributed by atoms with van der Waals surface area (Å²) in [6, 6.07) is 14.5. The molecule has 2 aromatic carbocycles. The van der Waals surface area contributed by atoms with Crippen LogP contribution in [0.2, 0.25) is 10.0 Å². The summed E-state index contributed by atoms with van der Waals surface area (Å²) in [4.78, 5) is 25.1. The second-order valence-electron chi connectivity index (χ2n) is 5.96. The number of rotatable bonds is 7. The lowest BCUT2D eigenvalue weighted by molar-refractivity contribution is -0.115. The number of nitrogens with one attached hydrogen (secondary N) is 2. The van der Waals surface area contributed by atoms with Crippen LogP contribution in [0.1, 0.15) is 12.7 Å². The highest BCUT2D eigenvalue weighted by Gasteiger charge is 2.17. The van der Waals surface area contributed by atoms with Crippen molar-refractivity contribution < 1.29 is 4.79 Å². The van der Waals surface area contributed by atoms with E-state index in [1.54, 1.807) is 25.1 Å². The largest absolute Gasteiger partial charge is 0.368 e. The predicted molar refractivity (Wildman–Crippen MR) is 120 cm³/mol. The maximum Gasteiger partial charge on any atom is 0.237 e. The van der Waals surface area contributed by atoms with Crippen LogP contribution >= 0.6 is 35.0 Å². The van der Waals surface area contributed by atoms with Crippen LogP contribution in [-0.2, 0) is 10.5 Å². The van der Waals surface area contributed by atoms with Crippen molar-refractivity contribution in [3.05, 3.63) is 64.4 Å². The summed E-state index contributed by atoms with van der Waals surface area (Å²) >= 11 is 13.6. The predicted octanol–water partition coefficient (Wildman–Crippen LogP) is 4.76. The van der Waals surface area contributed by atoms with Gasteiger partial charge in [0.15, 0.2) is 0 Å². The van der Waals surface area contributed by atoms with Gasteiger partial charge >= 0.3 is 0 Å². The molecule has 0 aliphatic rings. The van der Waals surface area contributed by atoms with Crippen molar-refractivity contribution in [3.63, 3.8) is 0 Å². The maximum absolute atomic E-state index is 12.5. The summed E-state index contributed by atoms with van der Waals surface area (Å²) in [5.41, 5.74) is 7.02. The van der Waals surface area contributed by atoms with Crippen molar-refractivity contribution in [2.45, 2.75) is 17.9 Å². The molecule has 1 unspecified atom stereocenters. The molecule has 1 aromatic heterocycles. The smallest absolute Gasteiger partial charge is 0.237 e. The number of para-hydroxylation sites is 2. The summed E-state index contributed by atoms with van der Waals surface area (Å²) in [7, 11) is 0. The van der Waals surface area contributed by atoms with Gasteiger partial charge in [-0.1, -0.05) is 47.5 Å². The zero-order chi connectivity index (χ0) is 20.8. The summed E-state index contributed by atoms with van der Waals surface area (Å²) in [5.74, 6) is 1.07. The first-order valence-electron chi connectivity index (χ1n) is 8.61. The van der Waals surface area contributed by atoms with Crippen molar-refractivity contribution in [1.82, 2.24) is 15.0 Å². The topological polar surface area (TPSA) is 106 Å². The van der Waals surface area contributed by atoms with Gasteiger partial charge in [0.2, 0.25) is 17.8 Å². The molecule has 1 atom stereocenters. The minimum Gasteiger partial charge on any atom is -0.368 e. The molecule has 0 saturated carbocycles. The Hall–Kier alpha value is -2.55. The van der Waals surface area contributed by atoms with Crippen LogP contribution in [-0.4, -0.2) is 26.1 Å². The number of aromatic nitrogens is 3. The number of anilines is 4. The molecule has 1 amide bonds. The van der Waals surface area contributed by atoms with E-state index >= 15 is 0 Å². The van der Waals surface area contributed by atoms with Gasteiger partial charge in [-0.15, -0.1) is 11.8 Å². The number of thioether (sulfide) groups is 1. The van der Waals surface area contributed by atoms with Crippen LogP contribution in [0.4, 0.5) is 23.3 Å². The zero-order valence-corrected chi connectivity index (χ0v) is 17.7. The Kier molecular flexibility index (Phi) is 7.13. The van der Waals surface area contributed by atoms with Crippen LogP contribution in [0.25, 0.3) is 0 Å². The van der Waals surface area contributed by atoms with Gasteiger partial charge in [-0.3, -0.25) is 4.79 Å². The fourth-order valence-electron chi connectivity index (χ4n) is 2.33. The van der Waals surface area contributed by atoms with Crippen molar-refractivity contribution in [1.29, 1.82) is 0 Å². The normalized spacial score (nSPS) is 11.7. The molecule has 0 saturated heterocycles. The third-order valence-corrected chi connectivity index (χ3v) is 5.54. The van der Waals surface area contributed by atoms with E-state index in [0.29, 0.717) is 33.3 Å². The molecule has 7 nitrogen and oxygen atoms in total. The first kappa shape index (κ1) is 21.2. The molecule has 3 rings (SSSR count). The number of nitrogens with zero attached hydrogens (tertiary/aromatic N) is 3. The number of carbonyl (C=O) groups is 1. The van der Waals surface area contributed by atoms with Gasteiger partial charge in [0.1, 0.15) is 5.82 Å². The first-order chi connectivity index (χ1) is 13.9. The van der Waals surface area contributed by atoms with Gasteiger partial charge in [-0.25, -0.2) is 0 Å². The molecular weight excluding hydrogens is 431 g/mol. The lowest BCUT2D eigenvalue weighted by Gasteiger charge is -2.14. The van der Waals surface area contributed by atoms with Crippen molar-refractivity contribution in [3.8, 4) is 0 Å². The van der Waals surface area contributed by atoms with Crippen LogP contribution in [0.15, 0.2) is 48.5 Å². The Balaban J connectivity index is 1.62. The molecule has 10 heteroatoms. The molecule has 0 spiro atoms. The van der Waals surface area contributed by atoms with Gasteiger partial charge in [0.05, 0.1) is 26.7 Å². The standard InChI is InChI=1S/C19H18Cl2N6OS/c1-11(17(28)26-16-13(20)8-5-9-14(16)21)29-10-15-24-18(22)27-19(25-15)23-12-6-3-2-4-7-12/h2-9,11H,10H2,1H3,(H,26,28)(H3,22,23,24,25,27). The second kappa shape index (κ2) is 9.78. The van der Waals surface area contributed by atoms with E-state index in [1.807, 2.05) is 30.3 Å². The summed E-state index contributed by atoms with van der Waals surface area (Å²) in [6.07, 6.45) is 0. The highest BCUT2D eigenvalue weighted by Crippen LogP contribution is 2.30. The van der Waals surface area contributed by atoms with Gasteiger partial charge < -0.3 is 16.4 Å². The number of nitrogens with two attached hydrogens (primary N) is 1. The number of benzene rings is 2. The number of halogens is 2. The van der Waals surface area contributed by atoms with E-state index in [-0.39, 0.29) is 11.9 Å². The monoisotopic (exact) mass is 448 g/mol. The molecule has 1 heterocycles. The van der Waals surface area contributed by atoms with Gasteiger partial charge in [0.25, 0.3) is 0 Å². The van der Waals surface area contributed by atoms with Crippen molar-refractivity contribution in [2.75, 3.05) is 16.4 Å². The van der Waals surface area contributed by atoms with E-state index < -0.39 is 5.25 Å². The molecule has 0 fully saturated rings. The van der Waals surface area contributed by atoms with Crippen LogP contribution in [0, 0.1) is 0 Å². The Morgan fingerprint density at radius 1 is 1.07 bits per heavy atom. The third-order valence-electron chi connectivity index (χ3n) is 3.77. The van der Waals surface area contributed by atoms with Gasteiger partial charge in [0, 0.05) is 5.69 Å². The lowest BCUT2D eigenvalue weighted by Crippen LogP contribution is -2.23. The molecule has 4 N–H and O–H groups in total. The number of hydrogen-bond donors (Lipinski definition) is 3. The zero-order valence-electron chi connectivity index (χ0n) is 15.4. The summed E-state index contributed by atoms with van der Waals surface area (Å²) in [5, 5.41) is 6.20. The molecule has 0 bridgehead atoms. The summed E-state index contributed by atoms with van der Waals surface area (Å²) in [6.45, 7) is 1.78. The maximum atomic E-state index is 12.5. The fourth-order valence-corrected chi connectivity index (χ4v) is 3.56. The molecule has 3 aromatic rings. The van der Waals surface area contributed by atoms with Gasteiger partial charge in [-0.05, 0) is 31.2 Å². The minimum atomic E-state index is -0.397. The number of amides is 1. The minimum absolute atomic E-state index is 0.106. The SMILES string of the molecule is CC(SCc1nc(N)nc(Nc2ccccc2)n1)C(=O)Nc1c(Cl)cccc1Cl. The molecule has 29 heavy (non-hydrogen) atoms. The molecule has 150 valence electrons. The molecule has 0 radical (unpaired) electrons. The number of carbonyl (C=O) groups excluding carboxylic acids is 1. The molecule has 0 aliphatic heterocycles. The Bertz CT molecular complexity index is 985. The Morgan fingerprint density at radius 2 is 1.76 bits per heavy atom.